The summed E-state index contributed by atoms with van der Waals surface area (Å²) in [6, 6.07) is 23.1. The summed E-state index contributed by atoms with van der Waals surface area (Å²) >= 11 is 0. The van der Waals surface area contributed by atoms with Gasteiger partial charge in [0.15, 0.2) is 0 Å². The molecule has 2 amide bonds. The van der Waals surface area contributed by atoms with Crippen LogP contribution < -0.4 is 14.8 Å². The lowest BCUT2D eigenvalue weighted by molar-refractivity contribution is -0.121. The minimum Gasteiger partial charge on any atom is -0.494 e. The first-order chi connectivity index (χ1) is 21.1. The van der Waals surface area contributed by atoms with E-state index < -0.39 is 0 Å². The molecular formula is C33H30N6O4. The standard InChI is InChI=1S/C33H30N6O4/c40-29-13-8-22-6-9-25(10-7-22)43-27-11-12-28-23(20-27)14-18-38(32(41)31-36-33-35-15-2-17-39(33)37-31)30(28)24-4-1-5-26(21-24)42-19-3-16-34-29/h1-2,4-7,9-12,15,17,20-21,30H,3,8,13-14,16,18-19H2,(H,34,40). The summed E-state index contributed by atoms with van der Waals surface area (Å²) in [5, 5.41) is 7.38. The number of rotatable bonds is 1. The highest BCUT2D eigenvalue weighted by Gasteiger charge is 2.35. The van der Waals surface area contributed by atoms with Crippen molar-refractivity contribution in [1.82, 2.24) is 29.8 Å². The average molecular weight is 575 g/mol. The Balaban J connectivity index is 1.26. The number of benzene rings is 3. The van der Waals surface area contributed by atoms with Gasteiger partial charge in [-0.15, -0.1) is 5.10 Å². The molecule has 4 aliphatic rings. The maximum atomic E-state index is 14.0. The number of aryl methyl sites for hydroxylation is 1. The van der Waals surface area contributed by atoms with Crippen LogP contribution in [0.2, 0.25) is 0 Å². The average Bonchev–Trinajstić information content (AvgIpc) is 3.48. The van der Waals surface area contributed by atoms with Crippen molar-refractivity contribution in [3.05, 3.63) is 113 Å². The molecule has 5 aromatic rings. The van der Waals surface area contributed by atoms with Crippen LogP contribution in [0, 0.1) is 0 Å². The predicted molar refractivity (Wildman–Crippen MR) is 158 cm³/mol. The van der Waals surface area contributed by atoms with Gasteiger partial charge >= 0.3 is 0 Å². The van der Waals surface area contributed by atoms with Crippen molar-refractivity contribution in [1.29, 1.82) is 0 Å². The number of amides is 2. The van der Waals surface area contributed by atoms with E-state index in [1.165, 1.54) is 4.52 Å². The van der Waals surface area contributed by atoms with Crippen molar-refractivity contribution in [3.63, 3.8) is 0 Å². The molecule has 0 fully saturated rings. The van der Waals surface area contributed by atoms with Gasteiger partial charge in [0.2, 0.25) is 11.7 Å². The SMILES string of the molecule is O=C1CCc2ccc(cc2)Oc2ccc3c(c2)CCN(C(=O)c2nc4ncccn4n2)C3c2cccc(c2)OCCCN1. The lowest BCUT2D eigenvalue weighted by Crippen LogP contribution is -2.41. The van der Waals surface area contributed by atoms with E-state index in [-0.39, 0.29) is 23.7 Å². The molecule has 43 heavy (non-hydrogen) atoms. The van der Waals surface area contributed by atoms with E-state index in [2.05, 4.69) is 26.4 Å². The van der Waals surface area contributed by atoms with E-state index in [0.29, 0.717) is 56.9 Å². The minimum absolute atomic E-state index is 0.0162. The van der Waals surface area contributed by atoms with Crippen molar-refractivity contribution in [2.45, 2.75) is 31.7 Å². The largest absolute Gasteiger partial charge is 0.494 e. The summed E-state index contributed by atoms with van der Waals surface area (Å²) in [4.78, 5) is 36.7. The van der Waals surface area contributed by atoms with Crippen molar-refractivity contribution in [2.24, 2.45) is 0 Å². The predicted octanol–water partition coefficient (Wildman–Crippen LogP) is 4.54. The van der Waals surface area contributed by atoms with E-state index in [1.807, 2.05) is 65.6 Å². The van der Waals surface area contributed by atoms with Gasteiger partial charge in [-0.05, 0) is 84.0 Å². The second-order valence-corrected chi connectivity index (χ2v) is 10.7. The topological polar surface area (TPSA) is 111 Å². The molecule has 2 aromatic heterocycles. The van der Waals surface area contributed by atoms with Crippen LogP contribution >= 0.6 is 0 Å². The molecule has 6 heterocycles. The monoisotopic (exact) mass is 574 g/mol. The zero-order valence-electron chi connectivity index (χ0n) is 23.5. The number of fused-ring (bicyclic) bond motifs is 2. The van der Waals surface area contributed by atoms with Crippen molar-refractivity contribution in [2.75, 3.05) is 19.7 Å². The Labute approximate surface area is 248 Å². The number of nitrogens with zero attached hydrogens (tertiary/aromatic N) is 5. The number of aromatic nitrogens is 4. The van der Waals surface area contributed by atoms with Crippen LogP contribution in [0.15, 0.2) is 85.2 Å². The summed E-state index contributed by atoms with van der Waals surface area (Å²) in [5.74, 6) is 2.36. The Bertz CT molecular complexity index is 1770. The van der Waals surface area contributed by atoms with E-state index in [0.717, 1.165) is 33.8 Å². The lowest BCUT2D eigenvalue weighted by Gasteiger charge is -2.37. The summed E-state index contributed by atoms with van der Waals surface area (Å²) in [6.45, 7) is 1.46. The van der Waals surface area contributed by atoms with E-state index in [1.54, 1.807) is 18.5 Å². The molecule has 1 N–H and O–H groups in total. The van der Waals surface area contributed by atoms with E-state index in [9.17, 15) is 9.59 Å². The number of hydrogen-bond donors (Lipinski definition) is 1. The smallest absolute Gasteiger partial charge is 0.294 e. The van der Waals surface area contributed by atoms with Crippen molar-refractivity contribution >= 4 is 17.6 Å². The van der Waals surface area contributed by atoms with Gasteiger partial charge in [-0.25, -0.2) is 9.50 Å². The fourth-order valence-electron chi connectivity index (χ4n) is 5.67. The number of hydrogen-bond acceptors (Lipinski definition) is 7. The van der Waals surface area contributed by atoms with Crippen LogP contribution in [-0.4, -0.2) is 56.0 Å². The van der Waals surface area contributed by atoms with Gasteiger partial charge in [0.05, 0.1) is 12.6 Å². The molecule has 216 valence electrons. The quantitative estimate of drug-likeness (QED) is 0.313. The first kappa shape index (κ1) is 26.6. The van der Waals surface area contributed by atoms with Crippen LogP contribution in [0.3, 0.4) is 0 Å². The van der Waals surface area contributed by atoms with Crippen LogP contribution in [-0.2, 0) is 17.6 Å². The fraction of sp³-hybridized carbons (Fsp3) is 0.242. The normalized spacial score (nSPS) is 17.1. The summed E-state index contributed by atoms with van der Waals surface area (Å²) in [5.41, 5.74) is 4.10. The molecule has 0 radical (unpaired) electrons. The highest BCUT2D eigenvalue weighted by Crippen LogP contribution is 2.39. The molecule has 4 aliphatic heterocycles. The second kappa shape index (κ2) is 11.6. The molecule has 10 nitrogen and oxygen atoms in total. The van der Waals surface area contributed by atoms with Gasteiger partial charge in [-0.1, -0.05) is 30.3 Å². The highest BCUT2D eigenvalue weighted by molar-refractivity contribution is 5.91. The third-order valence-corrected chi connectivity index (χ3v) is 7.80. The Kier molecular flexibility index (Phi) is 7.16. The number of carbonyl (C=O) groups is 2. The summed E-state index contributed by atoms with van der Waals surface area (Å²) in [6.07, 6.45) is 5.75. The number of nitrogens with one attached hydrogen (secondary N) is 1. The molecule has 9 rings (SSSR count). The molecule has 1 atom stereocenters. The molecule has 0 saturated heterocycles. The van der Waals surface area contributed by atoms with Crippen LogP contribution in [0.1, 0.15) is 51.8 Å². The third kappa shape index (κ3) is 5.63. The molecule has 1 unspecified atom stereocenters. The summed E-state index contributed by atoms with van der Waals surface area (Å²) in [7, 11) is 0. The molecule has 0 aliphatic carbocycles. The van der Waals surface area contributed by atoms with E-state index >= 15 is 0 Å². The van der Waals surface area contributed by atoms with Crippen LogP contribution in [0.4, 0.5) is 0 Å². The summed E-state index contributed by atoms with van der Waals surface area (Å²) < 4.78 is 13.8. The minimum atomic E-state index is -0.388. The molecule has 0 saturated carbocycles. The Morgan fingerprint density at radius 2 is 1.81 bits per heavy atom. The van der Waals surface area contributed by atoms with Gasteiger partial charge in [0.25, 0.3) is 11.7 Å². The number of ether oxygens (including phenoxy) is 2. The maximum absolute atomic E-state index is 14.0. The molecule has 0 spiro atoms. The molecule has 8 bridgehead atoms. The van der Waals surface area contributed by atoms with Gasteiger partial charge in [0, 0.05) is 31.9 Å². The number of carbonyl (C=O) groups excluding carboxylic acids is 2. The highest BCUT2D eigenvalue weighted by atomic mass is 16.5. The molecule has 3 aromatic carbocycles. The Morgan fingerprint density at radius 3 is 2.70 bits per heavy atom. The lowest BCUT2D eigenvalue weighted by atomic mass is 9.87. The molecule has 10 heteroatoms. The second-order valence-electron chi connectivity index (χ2n) is 10.7. The first-order valence-corrected chi connectivity index (χ1v) is 14.5. The van der Waals surface area contributed by atoms with Crippen molar-refractivity contribution in [3.8, 4) is 17.2 Å². The zero-order valence-corrected chi connectivity index (χ0v) is 23.5. The van der Waals surface area contributed by atoms with Gasteiger partial charge in [-0.3, -0.25) is 9.59 Å². The van der Waals surface area contributed by atoms with Crippen molar-refractivity contribution < 1.29 is 19.1 Å². The van der Waals surface area contributed by atoms with Crippen LogP contribution in [0.25, 0.3) is 5.78 Å². The maximum Gasteiger partial charge on any atom is 0.294 e. The van der Waals surface area contributed by atoms with Crippen LogP contribution in [0.5, 0.6) is 17.2 Å². The van der Waals surface area contributed by atoms with E-state index in [4.69, 9.17) is 9.47 Å². The fourth-order valence-corrected chi connectivity index (χ4v) is 5.67. The zero-order chi connectivity index (χ0) is 29.2. The van der Waals surface area contributed by atoms with Gasteiger partial charge in [0.1, 0.15) is 17.2 Å². The Morgan fingerprint density at radius 1 is 0.930 bits per heavy atom. The van der Waals surface area contributed by atoms with Gasteiger partial charge in [-0.2, -0.15) is 4.98 Å². The Hall–Kier alpha value is -5.25. The molecular weight excluding hydrogens is 544 g/mol. The third-order valence-electron chi connectivity index (χ3n) is 7.80. The van der Waals surface area contributed by atoms with Gasteiger partial charge < -0.3 is 19.7 Å². The first-order valence-electron chi connectivity index (χ1n) is 14.5.